The molecule has 112 valence electrons. The first-order valence-corrected chi connectivity index (χ1v) is 8.24. The lowest BCUT2D eigenvalue weighted by molar-refractivity contribution is 0.0959. The van der Waals surface area contributed by atoms with E-state index in [-0.39, 0.29) is 5.91 Å². The van der Waals surface area contributed by atoms with Gasteiger partial charge in [-0.05, 0) is 39.2 Å². The molecular formula is C15H20N4OS. The van der Waals surface area contributed by atoms with Gasteiger partial charge in [0.15, 0.2) is 0 Å². The van der Waals surface area contributed by atoms with Crippen LogP contribution in [0.3, 0.4) is 0 Å². The van der Waals surface area contributed by atoms with Crippen LogP contribution in [0.2, 0.25) is 0 Å². The number of anilines is 1. The van der Waals surface area contributed by atoms with Crippen molar-refractivity contribution in [3.8, 4) is 0 Å². The second kappa shape index (κ2) is 5.60. The van der Waals surface area contributed by atoms with Gasteiger partial charge in [-0.15, -0.1) is 11.3 Å². The summed E-state index contributed by atoms with van der Waals surface area (Å²) in [6, 6.07) is 0. The van der Waals surface area contributed by atoms with E-state index in [1.54, 1.807) is 0 Å². The Morgan fingerprint density at radius 3 is 2.67 bits per heavy atom. The fourth-order valence-corrected chi connectivity index (χ4v) is 3.97. The van der Waals surface area contributed by atoms with E-state index < -0.39 is 0 Å². The van der Waals surface area contributed by atoms with Gasteiger partial charge in [0.2, 0.25) is 0 Å². The van der Waals surface area contributed by atoms with Crippen molar-refractivity contribution in [2.75, 3.05) is 24.5 Å². The molecule has 1 fully saturated rings. The molecule has 3 rings (SSSR count). The molecule has 0 aliphatic carbocycles. The molecule has 6 heteroatoms. The summed E-state index contributed by atoms with van der Waals surface area (Å²) in [4.78, 5) is 25.4. The number of nitrogens with one attached hydrogen (secondary N) is 1. The summed E-state index contributed by atoms with van der Waals surface area (Å²) in [6.07, 6.45) is 2.41. The average Bonchev–Trinajstić information content (AvgIpc) is 3.06. The quantitative estimate of drug-likeness (QED) is 0.947. The van der Waals surface area contributed by atoms with Crippen molar-refractivity contribution in [3.05, 3.63) is 16.3 Å². The van der Waals surface area contributed by atoms with E-state index in [0.29, 0.717) is 6.54 Å². The molecule has 0 unspecified atom stereocenters. The first-order valence-electron chi connectivity index (χ1n) is 7.42. The minimum Gasteiger partial charge on any atom is -0.356 e. The number of fused-ring (bicyclic) bond motifs is 1. The fourth-order valence-electron chi connectivity index (χ4n) is 2.84. The maximum Gasteiger partial charge on any atom is 0.261 e. The van der Waals surface area contributed by atoms with E-state index in [1.807, 2.05) is 20.8 Å². The van der Waals surface area contributed by atoms with Gasteiger partial charge in [0.1, 0.15) is 16.5 Å². The van der Waals surface area contributed by atoms with Crippen molar-refractivity contribution in [1.82, 2.24) is 15.3 Å². The van der Waals surface area contributed by atoms with Crippen LogP contribution in [0.5, 0.6) is 0 Å². The zero-order chi connectivity index (χ0) is 15.0. The minimum atomic E-state index is -0.0111. The molecule has 2 aromatic rings. The summed E-state index contributed by atoms with van der Waals surface area (Å²) in [5.74, 6) is 1.76. The van der Waals surface area contributed by atoms with E-state index in [2.05, 4.69) is 20.2 Å². The molecule has 1 aliphatic rings. The van der Waals surface area contributed by atoms with Crippen LogP contribution >= 0.6 is 11.3 Å². The van der Waals surface area contributed by atoms with Crippen LogP contribution in [0.4, 0.5) is 5.82 Å². The molecule has 1 N–H and O–H groups in total. The van der Waals surface area contributed by atoms with Gasteiger partial charge in [-0.1, -0.05) is 0 Å². The summed E-state index contributed by atoms with van der Waals surface area (Å²) < 4.78 is 0. The third kappa shape index (κ3) is 2.48. The van der Waals surface area contributed by atoms with Gasteiger partial charge in [0, 0.05) is 19.6 Å². The zero-order valence-corrected chi connectivity index (χ0v) is 13.5. The number of hydrogen-bond donors (Lipinski definition) is 1. The molecule has 21 heavy (non-hydrogen) atoms. The van der Waals surface area contributed by atoms with Crippen LogP contribution in [0.1, 0.15) is 40.8 Å². The van der Waals surface area contributed by atoms with Gasteiger partial charge in [-0.3, -0.25) is 4.79 Å². The highest BCUT2D eigenvalue weighted by molar-refractivity contribution is 7.20. The molecular weight excluding hydrogens is 284 g/mol. The van der Waals surface area contributed by atoms with Crippen LogP contribution in [0.15, 0.2) is 0 Å². The highest BCUT2D eigenvalue weighted by Crippen LogP contribution is 2.36. The number of thiophene rings is 1. The van der Waals surface area contributed by atoms with Gasteiger partial charge in [-0.2, -0.15) is 0 Å². The lowest BCUT2D eigenvalue weighted by atomic mass is 10.2. The summed E-state index contributed by atoms with van der Waals surface area (Å²) in [6.45, 7) is 8.56. The number of carbonyl (C=O) groups excluding carboxylic acids is 1. The van der Waals surface area contributed by atoms with Crippen molar-refractivity contribution >= 4 is 33.3 Å². The van der Waals surface area contributed by atoms with Crippen LogP contribution < -0.4 is 10.2 Å². The van der Waals surface area contributed by atoms with E-state index in [0.717, 1.165) is 45.4 Å². The zero-order valence-electron chi connectivity index (χ0n) is 12.7. The number of aryl methyl sites for hydroxylation is 2. The number of hydrogen-bond acceptors (Lipinski definition) is 5. The highest BCUT2D eigenvalue weighted by atomic mass is 32.1. The summed E-state index contributed by atoms with van der Waals surface area (Å²) in [5.41, 5.74) is 1.00. The summed E-state index contributed by atoms with van der Waals surface area (Å²) in [5, 5.41) is 3.93. The maximum atomic E-state index is 12.2. The Hall–Kier alpha value is -1.69. The minimum absolute atomic E-state index is 0.0111. The number of carbonyl (C=O) groups is 1. The molecule has 1 saturated heterocycles. The van der Waals surface area contributed by atoms with Crippen LogP contribution in [0.25, 0.3) is 10.2 Å². The van der Waals surface area contributed by atoms with Gasteiger partial charge in [0.05, 0.1) is 10.3 Å². The van der Waals surface area contributed by atoms with Gasteiger partial charge in [0.25, 0.3) is 5.91 Å². The van der Waals surface area contributed by atoms with E-state index >= 15 is 0 Å². The molecule has 0 aromatic carbocycles. The normalized spacial score (nSPS) is 14.9. The molecule has 0 radical (unpaired) electrons. The van der Waals surface area contributed by atoms with E-state index in [1.165, 1.54) is 24.2 Å². The lowest BCUT2D eigenvalue weighted by Crippen LogP contribution is -2.22. The Labute approximate surface area is 128 Å². The first kappa shape index (κ1) is 14.3. The Morgan fingerprint density at radius 1 is 1.29 bits per heavy atom. The molecule has 1 aliphatic heterocycles. The number of amides is 1. The summed E-state index contributed by atoms with van der Waals surface area (Å²) in [7, 11) is 0. The molecule has 3 heterocycles. The Bertz CT molecular complexity index is 689. The third-order valence-corrected chi connectivity index (χ3v) is 5.02. The van der Waals surface area contributed by atoms with Crippen LogP contribution in [-0.2, 0) is 0 Å². The van der Waals surface area contributed by atoms with Crippen molar-refractivity contribution < 1.29 is 4.79 Å². The molecule has 1 amide bonds. The molecule has 0 atom stereocenters. The number of aromatic nitrogens is 2. The molecule has 0 saturated carbocycles. The second-order valence-electron chi connectivity index (χ2n) is 5.38. The van der Waals surface area contributed by atoms with Gasteiger partial charge >= 0.3 is 0 Å². The van der Waals surface area contributed by atoms with Gasteiger partial charge < -0.3 is 10.2 Å². The Morgan fingerprint density at radius 2 is 2.00 bits per heavy atom. The standard InChI is InChI=1S/C15H20N4OS/c1-4-16-14(20)12-9(2)11-13(19-7-5-6-8-19)17-10(3)18-15(11)21-12/h4-8H2,1-3H3,(H,16,20). The predicted molar refractivity (Wildman–Crippen MR) is 86.3 cm³/mol. The van der Waals surface area contributed by atoms with E-state index in [9.17, 15) is 4.79 Å². The Balaban J connectivity index is 2.16. The fraction of sp³-hybridized carbons (Fsp3) is 0.533. The molecule has 0 bridgehead atoms. The highest BCUT2D eigenvalue weighted by Gasteiger charge is 2.23. The SMILES string of the molecule is CCNC(=O)c1sc2nc(C)nc(N3CCCC3)c2c1C. The molecule has 5 nitrogen and oxygen atoms in total. The number of nitrogens with zero attached hydrogens (tertiary/aromatic N) is 3. The van der Waals surface area contributed by atoms with Crippen molar-refractivity contribution in [3.63, 3.8) is 0 Å². The monoisotopic (exact) mass is 304 g/mol. The predicted octanol–water partition coefficient (Wildman–Crippen LogP) is 2.66. The number of rotatable bonds is 3. The van der Waals surface area contributed by atoms with Crippen molar-refractivity contribution in [2.24, 2.45) is 0 Å². The summed E-state index contributed by atoms with van der Waals surface area (Å²) >= 11 is 1.47. The topological polar surface area (TPSA) is 58.1 Å². The first-order chi connectivity index (χ1) is 10.1. The van der Waals surface area contributed by atoms with Crippen molar-refractivity contribution in [1.29, 1.82) is 0 Å². The molecule has 0 spiro atoms. The maximum absolute atomic E-state index is 12.2. The van der Waals surface area contributed by atoms with Crippen LogP contribution in [0, 0.1) is 13.8 Å². The average molecular weight is 304 g/mol. The van der Waals surface area contributed by atoms with E-state index in [4.69, 9.17) is 0 Å². The smallest absolute Gasteiger partial charge is 0.261 e. The second-order valence-corrected chi connectivity index (χ2v) is 6.38. The molecule has 2 aromatic heterocycles. The third-order valence-electron chi connectivity index (χ3n) is 3.83. The van der Waals surface area contributed by atoms with Gasteiger partial charge in [-0.25, -0.2) is 9.97 Å². The Kier molecular flexibility index (Phi) is 3.80. The van der Waals surface area contributed by atoms with Crippen LogP contribution in [-0.4, -0.2) is 35.5 Å². The largest absolute Gasteiger partial charge is 0.356 e. The van der Waals surface area contributed by atoms with Crippen molar-refractivity contribution in [2.45, 2.75) is 33.6 Å². The lowest BCUT2D eigenvalue weighted by Gasteiger charge is -2.18.